The van der Waals surface area contributed by atoms with Gasteiger partial charge in [-0.1, -0.05) is 29.8 Å². The maximum atomic E-state index is 12.8. The molecule has 0 fully saturated rings. The maximum absolute atomic E-state index is 12.8. The molecule has 1 N–H and O–H groups in total. The Labute approximate surface area is 207 Å². The van der Waals surface area contributed by atoms with E-state index in [2.05, 4.69) is 15.1 Å². The van der Waals surface area contributed by atoms with Crippen molar-refractivity contribution in [2.45, 2.75) is 38.8 Å². The Morgan fingerprint density at radius 2 is 1.74 bits per heavy atom. The van der Waals surface area contributed by atoms with Gasteiger partial charge in [0.05, 0.1) is 17.7 Å². The Bertz CT molecular complexity index is 1290. The van der Waals surface area contributed by atoms with Gasteiger partial charge in [0.1, 0.15) is 0 Å². The number of rotatable bonds is 10. The van der Waals surface area contributed by atoms with E-state index < -0.39 is 10.0 Å². The van der Waals surface area contributed by atoms with Gasteiger partial charge in [-0.15, -0.1) is 0 Å². The summed E-state index contributed by atoms with van der Waals surface area (Å²) in [4.78, 5) is 12.7. The fourth-order valence-electron chi connectivity index (χ4n) is 3.70. The van der Waals surface area contributed by atoms with Gasteiger partial charge in [-0.25, -0.2) is 13.8 Å². The Morgan fingerprint density at radius 1 is 1.09 bits per heavy atom. The summed E-state index contributed by atoms with van der Waals surface area (Å²) in [6.07, 6.45) is 1.63. The van der Waals surface area contributed by atoms with Crippen LogP contribution in [-0.4, -0.2) is 50.2 Å². The number of sulfonamides is 1. The zero-order chi connectivity index (χ0) is 25.6. The molecule has 1 heterocycles. The zero-order valence-corrected chi connectivity index (χ0v) is 21.6. The van der Waals surface area contributed by atoms with Crippen LogP contribution in [0.5, 0.6) is 0 Å². The molecule has 0 saturated carbocycles. The van der Waals surface area contributed by atoms with Gasteiger partial charge in [0.15, 0.2) is 0 Å². The second-order valence-electron chi connectivity index (χ2n) is 8.44. The van der Waals surface area contributed by atoms with Crippen LogP contribution in [0, 0.1) is 20.8 Å². The van der Waals surface area contributed by atoms with Crippen molar-refractivity contribution in [2.75, 3.05) is 20.8 Å². The SMILES string of the molecule is COCCn1c(C)cc(C=NNC(=O)c2ccc(CN(C)S(=O)(=O)c3ccc(C)cc3)cc2)c1C. The fraction of sp³-hybridized carbons (Fsp3) is 0.308. The highest BCUT2D eigenvalue weighted by Crippen LogP contribution is 2.18. The highest BCUT2D eigenvalue weighted by molar-refractivity contribution is 7.89. The summed E-state index contributed by atoms with van der Waals surface area (Å²) < 4.78 is 34.2. The molecule has 8 nitrogen and oxygen atoms in total. The lowest BCUT2D eigenvalue weighted by Crippen LogP contribution is -2.26. The van der Waals surface area contributed by atoms with Crippen LogP contribution in [0.3, 0.4) is 0 Å². The predicted molar refractivity (Wildman–Crippen MR) is 137 cm³/mol. The Morgan fingerprint density at radius 3 is 2.37 bits per heavy atom. The minimum absolute atomic E-state index is 0.189. The van der Waals surface area contributed by atoms with Crippen molar-refractivity contribution < 1.29 is 17.9 Å². The summed E-state index contributed by atoms with van der Waals surface area (Å²) in [5.41, 5.74) is 7.81. The predicted octanol–water partition coefficient (Wildman–Crippen LogP) is 3.64. The lowest BCUT2D eigenvalue weighted by Gasteiger charge is -2.17. The van der Waals surface area contributed by atoms with Crippen molar-refractivity contribution in [2.24, 2.45) is 5.10 Å². The zero-order valence-electron chi connectivity index (χ0n) is 20.8. The molecule has 35 heavy (non-hydrogen) atoms. The molecule has 0 saturated heterocycles. The number of amides is 1. The number of hydrazone groups is 1. The van der Waals surface area contributed by atoms with Crippen LogP contribution in [-0.2, 0) is 27.8 Å². The summed E-state index contributed by atoms with van der Waals surface area (Å²) >= 11 is 0. The minimum Gasteiger partial charge on any atom is -0.383 e. The lowest BCUT2D eigenvalue weighted by molar-refractivity contribution is 0.0955. The van der Waals surface area contributed by atoms with Gasteiger partial charge in [0, 0.05) is 49.8 Å². The number of hydrogen-bond donors (Lipinski definition) is 1. The second-order valence-corrected chi connectivity index (χ2v) is 10.5. The summed E-state index contributed by atoms with van der Waals surface area (Å²) in [6.45, 7) is 7.49. The third kappa shape index (κ3) is 6.45. The van der Waals surface area contributed by atoms with Crippen LogP contribution < -0.4 is 5.43 Å². The van der Waals surface area contributed by atoms with E-state index in [4.69, 9.17) is 4.74 Å². The number of carbonyl (C=O) groups excluding carboxylic acids is 1. The maximum Gasteiger partial charge on any atom is 0.271 e. The van der Waals surface area contributed by atoms with E-state index in [1.807, 2.05) is 26.8 Å². The Hall–Kier alpha value is -3.27. The fourth-order valence-corrected chi connectivity index (χ4v) is 4.86. The molecule has 3 rings (SSSR count). The van der Waals surface area contributed by atoms with Crippen LogP contribution in [0.4, 0.5) is 0 Å². The van der Waals surface area contributed by atoms with Crippen LogP contribution in [0.2, 0.25) is 0 Å². The normalized spacial score (nSPS) is 11.9. The summed E-state index contributed by atoms with van der Waals surface area (Å²) in [5.74, 6) is -0.346. The Kier molecular flexibility index (Phi) is 8.61. The molecule has 0 bridgehead atoms. The number of benzene rings is 2. The van der Waals surface area contributed by atoms with Gasteiger partial charge in [-0.2, -0.15) is 9.41 Å². The van der Waals surface area contributed by atoms with Crippen molar-refractivity contribution in [3.05, 3.63) is 88.2 Å². The number of nitrogens with one attached hydrogen (secondary N) is 1. The number of hydrogen-bond acceptors (Lipinski definition) is 5. The van der Waals surface area contributed by atoms with Crippen molar-refractivity contribution in [3.8, 4) is 0 Å². The third-order valence-corrected chi connectivity index (χ3v) is 7.67. The standard InChI is InChI=1S/C26H32N4O4S/c1-19-6-12-25(13-7-19)35(32,33)29(4)18-22-8-10-23(11-9-22)26(31)28-27-17-24-16-20(2)30(21(24)3)14-15-34-5/h6-13,16-17H,14-15,18H2,1-5H3,(H,28,31). The molecule has 0 spiro atoms. The molecule has 1 aromatic heterocycles. The van der Waals surface area contributed by atoms with Gasteiger partial charge in [0.2, 0.25) is 10.0 Å². The van der Waals surface area contributed by atoms with Gasteiger partial charge in [-0.05, 0) is 56.7 Å². The molecule has 0 aliphatic rings. The molecule has 0 aliphatic carbocycles. The largest absolute Gasteiger partial charge is 0.383 e. The van der Waals surface area contributed by atoms with Crippen molar-refractivity contribution in [3.63, 3.8) is 0 Å². The summed E-state index contributed by atoms with van der Waals surface area (Å²) in [7, 11) is -0.394. The highest BCUT2D eigenvalue weighted by Gasteiger charge is 2.20. The number of nitrogens with zero attached hydrogens (tertiary/aromatic N) is 3. The molecule has 2 aromatic carbocycles. The van der Waals surface area contributed by atoms with E-state index in [-0.39, 0.29) is 17.3 Å². The van der Waals surface area contributed by atoms with Crippen molar-refractivity contribution in [1.82, 2.24) is 14.3 Å². The molecule has 0 unspecified atom stereocenters. The first-order valence-electron chi connectivity index (χ1n) is 11.2. The second kappa shape index (κ2) is 11.4. The van der Waals surface area contributed by atoms with E-state index in [0.29, 0.717) is 12.2 Å². The summed E-state index contributed by atoms with van der Waals surface area (Å²) in [6, 6.07) is 15.6. The van der Waals surface area contributed by atoms with E-state index in [0.717, 1.165) is 34.6 Å². The highest BCUT2D eigenvalue weighted by atomic mass is 32.2. The first-order valence-corrected chi connectivity index (χ1v) is 12.7. The first kappa shape index (κ1) is 26.3. The van der Waals surface area contributed by atoms with Gasteiger partial charge >= 0.3 is 0 Å². The average Bonchev–Trinajstić information content (AvgIpc) is 3.10. The Balaban J connectivity index is 1.60. The third-order valence-electron chi connectivity index (χ3n) is 5.85. The van der Waals surface area contributed by atoms with Crippen LogP contribution in [0.25, 0.3) is 0 Å². The molecule has 9 heteroatoms. The number of methoxy groups -OCH3 is 1. The molecular weight excluding hydrogens is 464 g/mol. The number of aryl methyl sites for hydroxylation is 2. The van der Waals surface area contributed by atoms with Crippen molar-refractivity contribution in [1.29, 1.82) is 0 Å². The number of carbonyl (C=O) groups is 1. The molecule has 0 aliphatic heterocycles. The number of aromatic nitrogens is 1. The quantitative estimate of drug-likeness (QED) is 0.343. The number of ether oxygens (including phenoxy) is 1. The smallest absolute Gasteiger partial charge is 0.271 e. The van der Waals surface area contributed by atoms with E-state index in [1.54, 1.807) is 61.9 Å². The molecular formula is C26H32N4O4S. The monoisotopic (exact) mass is 496 g/mol. The van der Waals surface area contributed by atoms with Gasteiger partial charge in [0.25, 0.3) is 5.91 Å². The van der Waals surface area contributed by atoms with E-state index in [9.17, 15) is 13.2 Å². The molecule has 1 amide bonds. The van der Waals surface area contributed by atoms with Gasteiger partial charge in [-0.3, -0.25) is 4.79 Å². The molecule has 186 valence electrons. The van der Waals surface area contributed by atoms with E-state index in [1.165, 1.54) is 11.4 Å². The van der Waals surface area contributed by atoms with E-state index >= 15 is 0 Å². The minimum atomic E-state index is -3.60. The van der Waals surface area contributed by atoms with Crippen LogP contribution in [0.15, 0.2) is 64.6 Å². The molecule has 3 aromatic rings. The lowest BCUT2D eigenvalue weighted by atomic mass is 10.1. The average molecular weight is 497 g/mol. The van der Waals surface area contributed by atoms with Crippen molar-refractivity contribution >= 4 is 22.1 Å². The topological polar surface area (TPSA) is 93.0 Å². The first-order chi connectivity index (χ1) is 16.6. The van der Waals surface area contributed by atoms with Crippen LogP contribution >= 0.6 is 0 Å². The van der Waals surface area contributed by atoms with Gasteiger partial charge < -0.3 is 9.30 Å². The molecule has 0 radical (unpaired) electrons. The van der Waals surface area contributed by atoms with Crippen LogP contribution in [0.1, 0.15) is 38.4 Å². The molecule has 0 atom stereocenters. The summed E-state index contributed by atoms with van der Waals surface area (Å²) in [5, 5.41) is 4.10.